The van der Waals surface area contributed by atoms with E-state index in [-0.39, 0.29) is 6.04 Å². The Kier molecular flexibility index (Phi) is 3.96. The van der Waals surface area contributed by atoms with E-state index in [1.807, 2.05) is 43.3 Å². The second kappa shape index (κ2) is 5.46. The van der Waals surface area contributed by atoms with Gasteiger partial charge in [-0.15, -0.1) is 0 Å². The van der Waals surface area contributed by atoms with E-state index < -0.39 is 0 Å². The quantitative estimate of drug-likeness (QED) is 0.870. The number of ether oxygens (including phenoxy) is 1. The molecule has 0 aliphatic heterocycles. The monoisotopic (exact) mass is 340 g/mol. The maximum Gasteiger partial charge on any atom is 0.223 e. The first-order valence-corrected chi connectivity index (χ1v) is 6.38. The van der Waals surface area contributed by atoms with E-state index in [0.717, 1.165) is 11.3 Å². The van der Waals surface area contributed by atoms with Gasteiger partial charge in [0.25, 0.3) is 0 Å². The molecule has 3 nitrogen and oxygen atoms in total. The molecule has 1 aromatic carbocycles. The van der Waals surface area contributed by atoms with Crippen LogP contribution < -0.4 is 10.5 Å². The van der Waals surface area contributed by atoms with E-state index in [1.54, 1.807) is 6.20 Å². The Balaban J connectivity index is 2.26. The Morgan fingerprint density at radius 1 is 1.24 bits per heavy atom. The van der Waals surface area contributed by atoms with Crippen LogP contribution in [0.5, 0.6) is 11.6 Å². The lowest BCUT2D eigenvalue weighted by atomic mass is 10.1. The van der Waals surface area contributed by atoms with Crippen molar-refractivity contribution in [2.45, 2.75) is 13.0 Å². The highest BCUT2D eigenvalue weighted by Gasteiger charge is 2.09. The fourth-order valence-electron chi connectivity index (χ4n) is 1.45. The maximum absolute atomic E-state index is 5.87. The number of nitrogens with zero attached hydrogens (tertiary/aromatic N) is 1. The predicted molar refractivity (Wildman–Crippen MR) is 76.1 cm³/mol. The van der Waals surface area contributed by atoms with Crippen molar-refractivity contribution in [3.63, 3.8) is 0 Å². The predicted octanol–water partition coefficient (Wildman–Crippen LogP) is 3.50. The molecule has 0 fully saturated rings. The smallest absolute Gasteiger partial charge is 0.223 e. The second-order valence-electron chi connectivity index (χ2n) is 3.74. The third-order valence-electron chi connectivity index (χ3n) is 2.32. The second-order valence-corrected chi connectivity index (χ2v) is 4.99. The summed E-state index contributed by atoms with van der Waals surface area (Å²) in [5.74, 6) is 1.34. The molecule has 1 aromatic heterocycles. The van der Waals surface area contributed by atoms with Crippen LogP contribution in [-0.4, -0.2) is 4.98 Å². The summed E-state index contributed by atoms with van der Waals surface area (Å²) in [7, 11) is 0. The molecular weight excluding hydrogens is 327 g/mol. The molecule has 0 spiro atoms. The van der Waals surface area contributed by atoms with Crippen molar-refractivity contribution in [3.05, 3.63) is 51.7 Å². The Morgan fingerprint density at radius 3 is 2.59 bits per heavy atom. The van der Waals surface area contributed by atoms with Gasteiger partial charge in [-0.3, -0.25) is 0 Å². The van der Waals surface area contributed by atoms with Crippen molar-refractivity contribution >= 4 is 22.6 Å². The van der Waals surface area contributed by atoms with E-state index >= 15 is 0 Å². The number of nitrogens with two attached hydrogens (primary N) is 1. The van der Waals surface area contributed by atoms with E-state index in [2.05, 4.69) is 27.6 Å². The highest BCUT2D eigenvalue weighted by Crippen LogP contribution is 2.26. The number of benzene rings is 1. The van der Waals surface area contributed by atoms with Gasteiger partial charge in [0.1, 0.15) is 5.75 Å². The Labute approximate surface area is 114 Å². The summed E-state index contributed by atoms with van der Waals surface area (Å²) in [6.45, 7) is 1.91. The van der Waals surface area contributed by atoms with Crippen molar-refractivity contribution in [1.29, 1.82) is 0 Å². The number of halogens is 1. The van der Waals surface area contributed by atoms with Gasteiger partial charge >= 0.3 is 0 Å². The molecule has 0 amide bonds. The minimum Gasteiger partial charge on any atom is -0.439 e. The van der Waals surface area contributed by atoms with Crippen LogP contribution in [0.1, 0.15) is 18.5 Å². The SMILES string of the molecule is C[C@H](N)c1cccnc1Oc1ccc(I)cc1. The lowest BCUT2D eigenvalue weighted by Crippen LogP contribution is -2.07. The summed E-state index contributed by atoms with van der Waals surface area (Å²) in [6.07, 6.45) is 1.70. The molecule has 0 aliphatic rings. The molecule has 2 rings (SSSR count). The van der Waals surface area contributed by atoms with E-state index in [1.165, 1.54) is 3.57 Å². The summed E-state index contributed by atoms with van der Waals surface area (Å²) in [5.41, 5.74) is 6.78. The van der Waals surface area contributed by atoms with Crippen molar-refractivity contribution in [1.82, 2.24) is 4.98 Å². The molecule has 0 bridgehead atoms. The van der Waals surface area contributed by atoms with E-state index in [4.69, 9.17) is 10.5 Å². The molecule has 4 heteroatoms. The molecule has 1 atom stereocenters. The topological polar surface area (TPSA) is 48.1 Å². The van der Waals surface area contributed by atoms with Gasteiger partial charge in [-0.25, -0.2) is 4.98 Å². The molecule has 0 unspecified atom stereocenters. The standard InChI is InChI=1S/C13H13IN2O/c1-9(15)12-3-2-8-16-13(12)17-11-6-4-10(14)5-7-11/h2-9H,15H2,1H3/t9-/m0/s1. The van der Waals surface area contributed by atoms with Gasteiger partial charge in [0.05, 0.1) is 0 Å². The summed E-state index contributed by atoms with van der Waals surface area (Å²) < 4.78 is 6.90. The molecule has 2 N–H and O–H groups in total. The van der Waals surface area contributed by atoms with Crippen LogP contribution in [0.25, 0.3) is 0 Å². The minimum atomic E-state index is -0.0949. The summed E-state index contributed by atoms with van der Waals surface area (Å²) in [4.78, 5) is 4.21. The van der Waals surface area contributed by atoms with Crippen LogP contribution in [0.3, 0.4) is 0 Å². The van der Waals surface area contributed by atoms with Crippen molar-refractivity contribution in [2.24, 2.45) is 5.73 Å². The number of hydrogen-bond donors (Lipinski definition) is 1. The Hall–Kier alpha value is -1.14. The molecule has 88 valence electrons. The number of hydrogen-bond acceptors (Lipinski definition) is 3. The molecule has 0 radical (unpaired) electrons. The summed E-state index contributed by atoms with van der Waals surface area (Å²) >= 11 is 2.25. The zero-order valence-electron chi connectivity index (χ0n) is 9.43. The van der Waals surface area contributed by atoms with E-state index in [0.29, 0.717) is 5.88 Å². The van der Waals surface area contributed by atoms with Crippen molar-refractivity contribution in [2.75, 3.05) is 0 Å². The van der Waals surface area contributed by atoms with Gasteiger partial charge in [-0.1, -0.05) is 6.07 Å². The van der Waals surface area contributed by atoms with Gasteiger partial charge in [-0.05, 0) is 59.8 Å². The summed E-state index contributed by atoms with van der Waals surface area (Å²) in [5, 5.41) is 0. The van der Waals surface area contributed by atoms with Gasteiger partial charge in [0, 0.05) is 21.4 Å². The number of rotatable bonds is 3. The van der Waals surface area contributed by atoms with Crippen molar-refractivity contribution in [3.8, 4) is 11.6 Å². The first-order chi connectivity index (χ1) is 8.16. The van der Waals surface area contributed by atoms with Gasteiger partial charge in [0.2, 0.25) is 5.88 Å². The van der Waals surface area contributed by atoms with Crippen LogP contribution in [-0.2, 0) is 0 Å². The minimum absolute atomic E-state index is 0.0949. The zero-order valence-corrected chi connectivity index (χ0v) is 11.6. The average molecular weight is 340 g/mol. The third-order valence-corrected chi connectivity index (χ3v) is 3.04. The summed E-state index contributed by atoms with van der Waals surface area (Å²) in [6, 6.07) is 11.5. The number of pyridine rings is 1. The third kappa shape index (κ3) is 3.17. The maximum atomic E-state index is 5.87. The normalized spacial score (nSPS) is 12.2. The first-order valence-electron chi connectivity index (χ1n) is 5.31. The molecule has 1 heterocycles. The molecule has 0 saturated carbocycles. The number of aromatic nitrogens is 1. The molecule has 2 aromatic rings. The van der Waals surface area contributed by atoms with Crippen molar-refractivity contribution < 1.29 is 4.74 Å². The first kappa shape index (κ1) is 12.3. The van der Waals surface area contributed by atoms with Gasteiger partial charge in [0.15, 0.2) is 0 Å². The average Bonchev–Trinajstić information content (AvgIpc) is 2.32. The van der Waals surface area contributed by atoms with E-state index in [9.17, 15) is 0 Å². The highest BCUT2D eigenvalue weighted by molar-refractivity contribution is 14.1. The van der Waals surface area contributed by atoms with Crippen LogP contribution in [0.2, 0.25) is 0 Å². The van der Waals surface area contributed by atoms with Crippen LogP contribution >= 0.6 is 22.6 Å². The largest absolute Gasteiger partial charge is 0.439 e. The van der Waals surface area contributed by atoms with Crippen LogP contribution in [0.4, 0.5) is 0 Å². The van der Waals surface area contributed by atoms with Gasteiger partial charge in [-0.2, -0.15) is 0 Å². The highest BCUT2D eigenvalue weighted by atomic mass is 127. The lowest BCUT2D eigenvalue weighted by Gasteiger charge is -2.12. The molecule has 0 saturated heterocycles. The van der Waals surface area contributed by atoms with Crippen LogP contribution in [0, 0.1) is 3.57 Å². The van der Waals surface area contributed by atoms with Crippen LogP contribution in [0.15, 0.2) is 42.6 Å². The lowest BCUT2D eigenvalue weighted by molar-refractivity contribution is 0.452. The molecular formula is C13H13IN2O. The molecule has 0 aliphatic carbocycles. The van der Waals surface area contributed by atoms with Gasteiger partial charge < -0.3 is 10.5 Å². The molecule has 17 heavy (non-hydrogen) atoms. The zero-order chi connectivity index (χ0) is 12.3. The Bertz CT molecular complexity index is 497. The Morgan fingerprint density at radius 2 is 1.94 bits per heavy atom. The fraction of sp³-hybridized carbons (Fsp3) is 0.154. The fourth-order valence-corrected chi connectivity index (χ4v) is 1.81.